The number of rotatable bonds is 3. The summed E-state index contributed by atoms with van der Waals surface area (Å²) in [7, 11) is 0. The van der Waals surface area contributed by atoms with Gasteiger partial charge in [0, 0.05) is 21.5 Å². The van der Waals surface area contributed by atoms with Crippen LogP contribution in [-0.2, 0) is 0 Å². The quantitative estimate of drug-likeness (QED) is 0.173. The van der Waals surface area contributed by atoms with Crippen molar-refractivity contribution in [2.75, 3.05) is 0 Å². The highest BCUT2D eigenvalue weighted by Crippen LogP contribution is 2.46. The summed E-state index contributed by atoms with van der Waals surface area (Å²) in [5.41, 5.74) is 10.9. The lowest BCUT2D eigenvalue weighted by Crippen LogP contribution is -1.91. The minimum absolute atomic E-state index is 0.886. The molecule has 0 radical (unpaired) electrons. The van der Waals surface area contributed by atoms with Crippen molar-refractivity contribution < 1.29 is 8.83 Å². The molecule has 12 aromatic rings. The maximum absolute atomic E-state index is 6.54. The predicted octanol–water partition coefficient (Wildman–Crippen LogP) is 15.1. The van der Waals surface area contributed by atoms with Gasteiger partial charge in [0.05, 0.1) is 0 Å². The van der Waals surface area contributed by atoms with E-state index in [-0.39, 0.29) is 0 Å². The van der Waals surface area contributed by atoms with E-state index in [9.17, 15) is 0 Å². The Hall–Kier alpha value is -7.16. The van der Waals surface area contributed by atoms with Gasteiger partial charge in [-0.05, 0) is 113 Å². The smallest absolute Gasteiger partial charge is 0.136 e. The third-order valence-corrected chi connectivity index (χ3v) is 11.4. The van der Waals surface area contributed by atoms with Gasteiger partial charge in [0.25, 0.3) is 0 Å². The average Bonchev–Trinajstić information content (AvgIpc) is 3.79. The molecular weight excluding hydrogens is 657 g/mol. The standard InChI is InChI=1S/C52H30O2/c1-2-12-36-32(10-1)11-9-18-38(36)51-41-16-5-3-14-39(41)50(40-15-4-6-17-42(40)51)33-22-20-31(21-23-33)34-24-26-43-48(28-34)54-47-27-25-35-29-49-45(30-44(35)52(43)47)37-13-7-8-19-46(37)53-49/h1-30H. The molecule has 0 aliphatic heterocycles. The first-order valence-electron chi connectivity index (χ1n) is 18.5. The van der Waals surface area contributed by atoms with Crippen molar-refractivity contribution in [1.29, 1.82) is 0 Å². The highest BCUT2D eigenvalue weighted by Gasteiger charge is 2.19. The Labute approximate surface area is 310 Å². The molecule has 54 heavy (non-hydrogen) atoms. The lowest BCUT2D eigenvalue weighted by molar-refractivity contribution is 0.668. The van der Waals surface area contributed by atoms with Crippen molar-refractivity contribution in [3.63, 3.8) is 0 Å². The maximum Gasteiger partial charge on any atom is 0.136 e. The van der Waals surface area contributed by atoms with Gasteiger partial charge in [-0.15, -0.1) is 0 Å². The van der Waals surface area contributed by atoms with Gasteiger partial charge in [0.2, 0.25) is 0 Å². The Balaban J connectivity index is 0.994. The zero-order valence-corrected chi connectivity index (χ0v) is 29.1. The Morgan fingerprint density at radius 3 is 1.63 bits per heavy atom. The molecule has 2 heterocycles. The first-order chi connectivity index (χ1) is 26.8. The number of hydrogen-bond acceptors (Lipinski definition) is 2. The van der Waals surface area contributed by atoms with Crippen LogP contribution in [0.4, 0.5) is 0 Å². The number of para-hydroxylation sites is 1. The third-order valence-electron chi connectivity index (χ3n) is 11.4. The van der Waals surface area contributed by atoms with Crippen LogP contribution in [0.25, 0.3) is 120 Å². The molecule has 0 bridgehead atoms. The summed E-state index contributed by atoms with van der Waals surface area (Å²) in [6.07, 6.45) is 0. The normalized spacial score (nSPS) is 12.1. The fourth-order valence-corrected chi connectivity index (χ4v) is 9.00. The van der Waals surface area contributed by atoms with Crippen molar-refractivity contribution in [3.8, 4) is 33.4 Å². The van der Waals surface area contributed by atoms with Gasteiger partial charge in [-0.2, -0.15) is 0 Å². The molecule has 0 N–H and O–H groups in total. The number of benzene rings is 10. The molecule has 0 fully saturated rings. The molecule has 2 nitrogen and oxygen atoms in total. The fourth-order valence-electron chi connectivity index (χ4n) is 9.00. The minimum atomic E-state index is 0.886. The van der Waals surface area contributed by atoms with Crippen LogP contribution in [0.1, 0.15) is 0 Å². The minimum Gasteiger partial charge on any atom is -0.456 e. The molecular formula is C52H30O2. The van der Waals surface area contributed by atoms with E-state index in [0.29, 0.717) is 0 Å². The van der Waals surface area contributed by atoms with Gasteiger partial charge in [-0.1, -0.05) is 146 Å². The molecule has 0 saturated heterocycles. The monoisotopic (exact) mass is 686 g/mol. The van der Waals surface area contributed by atoms with Crippen LogP contribution in [0.2, 0.25) is 0 Å². The second-order valence-electron chi connectivity index (χ2n) is 14.4. The summed E-state index contributed by atoms with van der Waals surface area (Å²) in [4.78, 5) is 0. The molecule has 0 saturated carbocycles. The molecule has 250 valence electrons. The largest absolute Gasteiger partial charge is 0.456 e. The van der Waals surface area contributed by atoms with Crippen molar-refractivity contribution >= 4 is 87.0 Å². The fraction of sp³-hybridized carbons (Fsp3) is 0. The van der Waals surface area contributed by atoms with Crippen molar-refractivity contribution in [3.05, 3.63) is 182 Å². The lowest BCUT2D eigenvalue weighted by Gasteiger charge is -2.19. The summed E-state index contributed by atoms with van der Waals surface area (Å²) in [6, 6.07) is 65.7. The van der Waals surface area contributed by atoms with Gasteiger partial charge in [-0.3, -0.25) is 0 Å². The van der Waals surface area contributed by atoms with E-state index < -0.39 is 0 Å². The second-order valence-corrected chi connectivity index (χ2v) is 14.4. The first kappa shape index (κ1) is 29.4. The molecule has 12 rings (SSSR count). The summed E-state index contributed by atoms with van der Waals surface area (Å²) in [5.74, 6) is 0. The van der Waals surface area contributed by atoms with E-state index in [4.69, 9.17) is 8.83 Å². The SMILES string of the molecule is c1ccc2c(-c3c4ccccc4c(-c4ccc(-c5ccc6c(c5)oc5ccc7cc8oc9ccccc9c8cc7c56)cc4)c4ccccc34)cccc2c1. The Morgan fingerprint density at radius 1 is 0.259 bits per heavy atom. The third kappa shape index (κ3) is 4.22. The lowest BCUT2D eigenvalue weighted by atomic mass is 9.84. The van der Waals surface area contributed by atoms with E-state index in [1.165, 1.54) is 60.0 Å². The molecule has 0 atom stereocenters. The van der Waals surface area contributed by atoms with Crippen LogP contribution in [0.15, 0.2) is 191 Å². The maximum atomic E-state index is 6.54. The van der Waals surface area contributed by atoms with Crippen LogP contribution in [-0.4, -0.2) is 0 Å². The molecule has 2 heteroatoms. The van der Waals surface area contributed by atoms with Crippen molar-refractivity contribution in [1.82, 2.24) is 0 Å². The van der Waals surface area contributed by atoms with E-state index in [1.54, 1.807) is 0 Å². The van der Waals surface area contributed by atoms with E-state index in [2.05, 4.69) is 170 Å². The predicted molar refractivity (Wildman–Crippen MR) is 227 cm³/mol. The van der Waals surface area contributed by atoms with Gasteiger partial charge in [-0.25, -0.2) is 0 Å². The number of furan rings is 2. The highest BCUT2D eigenvalue weighted by molar-refractivity contribution is 6.24. The Bertz CT molecular complexity index is 3430. The van der Waals surface area contributed by atoms with Gasteiger partial charge >= 0.3 is 0 Å². The second kappa shape index (κ2) is 11.2. The number of hydrogen-bond donors (Lipinski definition) is 0. The molecule has 2 aromatic heterocycles. The molecule has 0 aliphatic rings. The zero-order valence-electron chi connectivity index (χ0n) is 29.1. The van der Waals surface area contributed by atoms with Crippen LogP contribution < -0.4 is 0 Å². The summed E-state index contributed by atoms with van der Waals surface area (Å²) in [5, 5.41) is 14.4. The van der Waals surface area contributed by atoms with Crippen LogP contribution in [0.3, 0.4) is 0 Å². The number of fused-ring (bicyclic) bond motifs is 11. The molecule has 0 unspecified atom stereocenters. The Morgan fingerprint density at radius 2 is 0.852 bits per heavy atom. The van der Waals surface area contributed by atoms with Crippen molar-refractivity contribution in [2.24, 2.45) is 0 Å². The van der Waals surface area contributed by atoms with Crippen molar-refractivity contribution in [2.45, 2.75) is 0 Å². The Kier molecular flexibility index (Phi) is 6.09. The highest BCUT2D eigenvalue weighted by atomic mass is 16.3. The van der Waals surface area contributed by atoms with Gasteiger partial charge < -0.3 is 8.83 Å². The van der Waals surface area contributed by atoms with Gasteiger partial charge in [0.1, 0.15) is 22.3 Å². The summed E-state index contributed by atoms with van der Waals surface area (Å²) >= 11 is 0. The van der Waals surface area contributed by atoms with E-state index in [1.807, 2.05) is 12.1 Å². The zero-order chi connectivity index (χ0) is 35.3. The first-order valence-corrected chi connectivity index (χ1v) is 18.5. The summed E-state index contributed by atoms with van der Waals surface area (Å²) < 4.78 is 12.7. The summed E-state index contributed by atoms with van der Waals surface area (Å²) in [6.45, 7) is 0. The van der Waals surface area contributed by atoms with Crippen LogP contribution >= 0.6 is 0 Å². The van der Waals surface area contributed by atoms with Gasteiger partial charge in [0.15, 0.2) is 0 Å². The molecule has 10 aromatic carbocycles. The molecule has 0 spiro atoms. The van der Waals surface area contributed by atoms with E-state index in [0.717, 1.165) is 60.4 Å². The van der Waals surface area contributed by atoms with Crippen LogP contribution in [0.5, 0.6) is 0 Å². The topological polar surface area (TPSA) is 26.3 Å². The average molecular weight is 687 g/mol. The van der Waals surface area contributed by atoms with Crippen LogP contribution in [0, 0.1) is 0 Å². The molecule has 0 aliphatic carbocycles. The molecule has 0 amide bonds. The van der Waals surface area contributed by atoms with E-state index >= 15 is 0 Å².